The van der Waals surface area contributed by atoms with Crippen molar-refractivity contribution in [2.45, 2.75) is 0 Å². The minimum atomic E-state index is -1.42. The van der Waals surface area contributed by atoms with Crippen LogP contribution in [0.15, 0.2) is 0 Å². The molecule has 0 heterocycles. The monoisotopic (exact) mass is 177 g/mol. The van der Waals surface area contributed by atoms with E-state index in [-0.39, 0.29) is 56.9 Å². The molecule has 0 aromatic carbocycles. The van der Waals surface area contributed by atoms with Crippen LogP contribution in [0.2, 0.25) is 0 Å². The van der Waals surface area contributed by atoms with Crippen LogP contribution in [0.4, 0.5) is 0 Å². The van der Waals surface area contributed by atoms with Crippen molar-refractivity contribution in [1.29, 1.82) is 0 Å². The third-order valence-electron chi connectivity index (χ3n) is 0. The van der Waals surface area contributed by atoms with E-state index in [2.05, 4.69) is 0 Å². The number of hydrogen-bond acceptors (Lipinski definition) is 2. The molecule has 0 spiro atoms. The van der Waals surface area contributed by atoms with E-state index >= 15 is 0 Å². The zero-order chi connectivity index (χ0) is 2.71. The topological polar surface area (TPSA) is 198 Å². The summed E-state index contributed by atoms with van der Waals surface area (Å²) in [5, 5.41) is 0. The van der Waals surface area contributed by atoms with Gasteiger partial charge in [-0.15, -0.1) is 0 Å². The van der Waals surface area contributed by atoms with Crippen LogP contribution >= 0.6 is 8.69 Å². The van der Waals surface area contributed by atoms with Crippen molar-refractivity contribution in [2.75, 3.05) is 0 Å². The molecule has 0 rings (SSSR count). The molecule has 0 bridgehead atoms. The minimum Gasteiger partial charge on any atom is -0.597 e. The second-order valence-electron chi connectivity index (χ2n) is 0.0833. The molecule has 0 saturated carbocycles. The first-order valence-corrected chi connectivity index (χ1v) is 1.22. The van der Waals surface area contributed by atoms with Crippen molar-refractivity contribution in [3.05, 3.63) is 0 Å². The summed E-state index contributed by atoms with van der Waals surface area (Å²) in [5.41, 5.74) is 0. The summed E-state index contributed by atoms with van der Waals surface area (Å²) in [4.78, 5) is 8.40. The second kappa shape index (κ2) is 158. The molecule has 0 saturated heterocycles. The quantitative estimate of drug-likeness (QED) is 0.261. The van der Waals surface area contributed by atoms with Crippen molar-refractivity contribution in [3.8, 4) is 0 Å². The smallest absolute Gasteiger partial charge is 0.597 e. The van der Waals surface area contributed by atoms with Gasteiger partial charge in [-0.05, 0) is 0 Å². The van der Waals surface area contributed by atoms with Crippen molar-refractivity contribution in [3.63, 3.8) is 0 Å². The molecule has 0 fully saturated rings. The molecule has 58 valence electrons. The Morgan fingerprint density at radius 1 is 0.889 bits per heavy atom. The molecular weight excluding hydrogens is 166 g/mol. The Morgan fingerprint density at radius 3 is 0.889 bits per heavy atom. The molecule has 0 radical (unpaired) electrons. The first kappa shape index (κ1) is 94.6. The Balaban J connectivity index is -0.00000000133. The first-order valence-electron chi connectivity index (χ1n) is 0.408. The van der Waals surface area contributed by atoms with Gasteiger partial charge in [0.25, 0.3) is 8.69 Å². The van der Waals surface area contributed by atoms with Crippen LogP contribution in [0, 0.1) is 0 Å². The van der Waals surface area contributed by atoms with Gasteiger partial charge >= 0.3 is 29.6 Å². The molecule has 0 aliphatic rings. The predicted octanol–water partition coefficient (Wildman–Crippen LogP) is -7.83. The standard InChI is InChI=1S/Na.HO2P.5H2O/c;1-3-2;;;;;/h;3H;5*1H2/q+1;;;;;;. The van der Waals surface area contributed by atoms with Crippen LogP contribution in [-0.4, -0.2) is 27.4 Å². The van der Waals surface area contributed by atoms with Crippen LogP contribution in [0.3, 0.4) is 0 Å². The predicted molar refractivity (Wildman–Crippen MR) is 27.1 cm³/mol. The minimum absolute atomic E-state index is 0. The zero-order valence-electron chi connectivity index (χ0n) is 4.82. The molecule has 0 aromatic heterocycles. The summed E-state index contributed by atoms with van der Waals surface area (Å²) < 4.78 is 8.40. The van der Waals surface area contributed by atoms with Crippen molar-refractivity contribution in [1.82, 2.24) is 0 Å². The first-order chi connectivity index (χ1) is 1.41. The van der Waals surface area contributed by atoms with Gasteiger partial charge < -0.3 is 32.3 Å². The average Bonchev–Trinajstić information content (AvgIpc) is 0.918. The molecule has 1 unspecified atom stereocenters. The Kier molecular flexibility index (Phi) is 1660. The van der Waals surface area contributed by atoms with Crippen molar-refractivity contribution >= 4 is 8.69 Å². The zero-order valence-corrected chi connectivity index (χ0v) is 7.82. The van der Waals surface area contributed by atoms with Gasteiger partial charge in [0, 0.05) is 0 Å². The summed E-state index contributed by atoms with van der Waals surface area (Å²) in [5.74, 6) is 0. The van der Waals surface area contributed by atoms with Gasteiger partial charge in [-0.2, -0.15) is 0 Å². The van der Waals surface area contributed by atoms with E-state index in [0.717, 1.165) is 0 Å². The summed E-state index contributed by atoms with van der Waals surface area (Å²) >= 11 is 0. The van der Waals surface area contributed by atoms with E-state index < -0.39 is 8.69 Å². The molecule has 0 amide bonds. The van der Waals surface area contributed by atoms with E-state index in [4.69, 9.17) is 9.46 Å². The van der Waals surface area contributed by atoms with Gasteiger partial charge in [-0.1, -0.05) is 4.57 Å². The van der Waals surface area contributed by atoms with E-state index in [9.17, 15) is 0 Å². The van der Waals surface area contributed by atoms with E-state index in [1.165, 1.54) is 0 Å². The average molecular weight is 177 g/mol. The number of hydrogen-bond donors (Lipinski definition) is 0. The molecule has 7 nitrogen and oxygen atoms in total. The van der Waals surface area contributed by atoms with Crippen LogP contribution in [0.5, 0.6) is 0 Å². The number of rotatable bonds is 0. The van der Waals surface area contributed by atoms with Gasteiger partial charge in [0.15, 0.2) is 0 Å². The van der Waals surface area contributed by atoms with Crippen LogP contribution < -0.4 is 34.5 Å². The molecule has 1 atom stereocenters. The third-order valence-corrected chi connectivity index (χ3v) is 0. The molecule has 10 N–H and O–H groups in total. The second-order valence-corrected chi connectivity index (χ2v) is 0.250. The molecule has 0 aromatic rings. The van der Waals surface area contributed by atoms with Gasteiger partial charge in [-0.3, -0.25) is 0 Å². The van der Waals surface area contributed by atoms with Gasteiger partial charge in [0.2, 0.25) is 0 Å². The van der Waals surface area contributed by atoms with Gasteiger partial charge in [-0.25, -0.2) is 0 Å². The van der Waals surface area contributed by atoms with Gasteiger partial charge in [0.1, 0.15) is 0 Å². The Labute approximate surface area is 75.2 Å². The summed E-state index contributed by atoms with van der Waals surface area (Å²) in [7, 11) is -1.42. The molecular formula is H11NaO7P+. The fraction of sp³-hybridized carbons (Fsp3) is 0. The van der Waals surface area contributed by atoms with Crippen molar-refractivity contribution < 1.29 is 66.4 Å². The van der Waals surface area contributed by atoms with Gasteiger partial charge in [0.05, 0.1) is 0 Å². The van der Waals surface area contributed by atoms with Crippen LogP contribution in [-0.2, 0) is 4.57 Å². The molecule has 0 aliphatic carbocycles. The summed E-state index contributed by atoms with van der Waals surface area (Å²) in [6.45, 7) is 0. The summed E-state index contributed by atoms with van der Waals surface area (Å²) in [6.07, 6.45) is 0. The van der Waals surface area contributed by atoms with E-state index in [0.29, 0.717) is 0 Å². The molecule has 9 heteroatoms. The van der Waals surface area contributed by atoms with Crippen molar-refractivity contribution in [2.24, 2.45) is 0 Å². The SMILES string of the molecule is O.O.O.O.O.O=[PH+][O-].[Na+]. The largest absolute Gasteiger partial charge is 1.00 e. The Morgan fingerprint density at radius 2 is 0.889 bits per heavy atom. The maximum atomic E-state index is 8.40. The third kappa shape index (κ3) is 564. The normalized spacial score (nSPS) is 2.33. The van der Waals surface area contributed by atoms with E-state index in [1.54, 1.807) is 0 Å². The summed E-state index contributed by atoms with van der Waals surface area (Å²) in [6, 6.07) is 0. The fourth-order valence-corrected chi connectivity index (χ4v) is 0. The van der Waals surface area contributed by atoms with E-state index in [1.807, 2.05) is 0 Å². The molecule has 0 aliphatic heterocycles. The van der Waals surface area contributed by atoms with Crippen LogP contribution in [0.25, 0.3) is 0 Å². The maximum Gasteiger partial charge on any atom is 1.00 e. The Bertz CT molecular complexity index is 16.4. The molecule has 9 heavy (non-hydrogen) atoms. The fourth-order valence-electron chi connectivity index (χ4n) is 0. The Hall–Kier alpha value is 0.860. The maximum absolute atomic E-state index is 8.40. The van der Waals surface area contributed by atoms with Crippen LogP contribution in [0.1, 0.15) is 0 Å².